The van der Waals surface area contributed by atoms with Crippen molar-refractivity contribution >= 4 is 16.9 Å². The van der Waals surface area contributed by atoms with Crippen molar-refractivity contribution in [1.29, 1.82) is 0 Å². The van der Waals surface area contributed by atoms with Crippen LogP contribution in [0.25, 0.3) is 0 Å². The van der Waals surface area contributed by atoms with Gasteiger partial charge in [0.15, 0.2) is 5.12 Å². The Kier molecular flexibility index (Phi) is 3.35. The van der Waals surface area contributed by atoms with Crippen LogP contribution in [0, 0.1) is 0 Å². The van der Waals surface area contributed by atoms with Crippen LogP contribution < -0.4 is 0 Å². The molecule has 1 aromatic rings. The van der Waals surface area contributed by atoms with Crippen molar-refractivity contribution in [2.75, 3.05) is 6.26 Å². The number of carbonyl (C=O) groups excluding carboxylic acids is 1. The van der Waals surface area contributed by atoms with Crippen LogP contribution in [-0.4, -0.2) is 11.4 Å². The molecule has 1 aromatic carbocycles. The van der Waals surface area contributed by atoms with Crippen molar-refractivity contribution < 1.29 is 4.79 Å². The molecule has 0 spiro atoms. The molecule has 64 valence electrons. The maximum Gasteiger partial charge on any atom is 0.195 e. The molecule has 1 rings (SSSR count). The number of carbonyl (C=O) groups is 1. The standard InChI is InChI=1S/C10H12OS/c1-8(10(11)12-2)9-6-4-3-5-7-9/h3-8H,1-2H3/t8-/m0/s1. The number of hydrogen-bond acceptors (Lipinski definition) is 2. The van der Waals surface area contributed by atoms with Gasteiger partial charge in [-0.3, -0.25) is 4.79 Å². The Morgan fingerprint density at radius 3 is 2.42 bits per heavy atom. The van der Waals surface area contributed by atoms with E-state index in [1.165, 1.54) is 11.8 Å². The van der Waals surface area contributed by atoms with E-state index in [1.54, 1.807) is 0 Å². The lowest BCUT2D eigenvalue weighted by atomic mass is 10.0. The summed E-state index contributed by atoms with van der Waals surface area (Å²) in [6, 6.07) is 9.84. The summed E-state index contributed by atoms with van der Waals surface area (Å²) in [7, 11) is 0. The third-order valence-corrected chi connectivity index (χ3v) is 2.61. The molecule has 0 fully saturated rings. The molecule has 0 radical (unpaired) electrons. The second-order valence-corrected chi connectivity index (χ2v) is 3.47. The summed E-state index contributed by atoms with van der Waals surface area (Å²) in [6.45, 7) is 1.94. The third-order valence-electron chi connectivity index (χ3n) is 1.85. The summed E-state index contributed by atoms with van der Waals surface area (Å²) in [5.41, 5.74) is 1.09. The molecule has 12 heavy (non-hydrogen) atoms. The first-order valence-electron chi connectivity index (χ1n) is 3.88. The zero-order chi connectivity index (χ0) is 8.97. The van der Waals surface area contributed by atoms with Gasteiger partial charge in [0.2, 0.25) is 0 Å². The summed E-state index contributed by atoms with van der Waals surface area (Å²) in [4.78, 5) is 11.3. The van der Waals surface area contributed by atoms with Crippen LogP contribution in [0.2, 0.25) is 0 Å². The Bertz CT molecular complexity index is 256. The normalized spacial score (nSPS) is 12.5. The van der Waals surface area contributed by atoms with Crippen LogP contribution >= 0.6 is 11.8 Å². The Morgan fingerprint density at radius 2 is 1.92 bits per heavy atom. The van der Waals surface area contributed by atoms with Gasteiger partial charge in [0, 0.05) is 0 Å². The molecular formula is C10H12OS. The summed E-state index contributed by atoms with van der Waals surface area (Å²) >= 11 is 1.29. The van der Waals surface area contributed by atoms with Crippen LogP contribution in [0.4, 0.5) is 0 Å². The first-order chi connectivity index (χ1) is 5.75. The summed E-state index contributed by atoms with van der Waals surface area (Å²) in [5, 5.41) is 0.223. The summed E-state index contributed by atoms with van der Waals surface area (Å²) in [6.07, 6.45) is 1.82. The molecule has 0 saturated heterocycles. The Hall–Kier alpha value is -0.760. The highest BCUT2D eigenvalue weighted by atomic mass is 32.2. The predicted molar refractivity (Wildman–Crippen MR) is 53.4 cm³/mol. The van der Waals surface area contributed by atoms with Gasteiger partial charge in [-0.15, -0.1) is 0 Å². The molecule has 1 nitrogen and oxygen atoms in total. The molecule has 0 saturated carbocycles. The van der Waals surface area contributed by atoms with Crippen molar-refractivity contribution in [2.24, 2.45) is 0 Å². The molecule has 0 aliphatic rings. The van der Waals surface area contributed by atoms with Crippen molar-refractivity contribution in [3.63, 3.8) is 0 Å². The van der Waals surface area contributed by atoms with Crippen LogP contribution in [0.3, 0.4) is 0 Å². The lowest BCUT2D eigenvalue weighted by Crippen LogP contribution is -2.03. The monoisotopic (exact) mass is 180 g/mol. The van der Waals surface area contributed by atoms with Crippen LogP contribution in [0.1, 0.15) is 18.4 Å². The van der Waals surface area contributed by atoms with Gasteiger partial charge in [-0.25, -0.2) is 0 Å². The smallest absolute Gasteiger partial charge is 0.195 e. The van der Waals surface area contributed by atoms with E-state index in [0.29, 0.717) is 0 Å². The maximum absolute atomic E-state index is 11.3. The molecule has 0 aromatic heterocycles. The third kappa shape index (κ3) is 2.11. The number of hydrogen-bond donors (Lipinski definition) is 0. The molecule has 0 amide bonds. The van der Waals surface area contributed by atoms with Gasteiger partial charge in [-0.05, 0) is 11.8 Å². The van der Waals surface area contributed by atoms with Gasteiger partial charge in [-0.2, -0.15) is 0 Å². The van der Waals surface area contributed by atoms with E-state index in [-0.39, 0.29) is 11.0 Å². The van der Waals surface area contributed by atoms with E-state index in [2.05, 4.69) is 0 Å². The average molecular weight is 180 g/mol. The fourth-order valence-electron chi connectivity index (χ4n) is 1.05. The predicted octanol–water partition coefficient (Wildman–Crippen LogP) is 2.68. The van der Waals surface area contributed by atoms with Gasteiger partial charge in [0.05, 0.1) is 5.92 Å². The lowest BCUT2D eigenvalue weighted by molar-refractivity contribution is -0.111. The minimum atomic E-state index is 0.0150. The Balaban J connectivity index is 2.78. The zero-order valence-corrected chi connectivity index (χ0v) is 8.10. The minimum absolute atomic E-state index is 0.0150. The fraction of sp³-hybridized carbons (Fsp3) is 0.300. The fourth-order valence-corrected chi connectivity index (χ4v) is 1.54. The van der Waals surface area contributed by atoms with Crippen LogP contribution in [-0.2, 0) is 4.79 Å². The largest absolute Gasteiger partial charge is 0.287 e. The molecule has 1 atom stereocenters. The maximum atomic E-state index is 11.3. The van der Waals surface area contributed by atoms with Gasteiger partial charge in [0.25, 0.3) is 0 Å². The highest BCUT2D eigenvalue weighted by Crippen LogP contribution is 2.19. The molecule has 0 unspecified atom stereocenters. The van der Waals surface area contributed by atoms with E-state index in [0.717, 1.165) is 5.56 Å². The number of benzene rings is 1. The zero-order valence-electron chi connectivity index (χ0n) is 7.28. The van der Waals surface area contributed by atoms with Gasteiger partial charge in [-0.1, -0.05) is 49.0 Å². The van der Waals surface area contributed by atoms with Crippen molar-refractivity contribution in [3.05, 3.63) is 35.9 Å². The molecule has 0 aliphatic carbocycles. The number of thioether (sulfide) groups is 1. The van der Waals surface area contributed by atoms with E-state index in [9.17, 15) is 4.79 Å². The van der Waals surface area contributed by atoms with Crippen molar-refractivity contribution in [2.45, 2.75) is 12.8 Å². The molecule has 0 N–H and O–H groups in total. The van der Waals surface area contributed by atoms with E-state index in [4.69, 9.17) is 0 Å². The van der Waals surface area contributed by atoms with Gasteiger partial charge < -0.3 is 0 Å². The first-order valence-corrected chi connectivity index (χ1v) is 5.11. The highest BCUT2D eigenvalue weighted by Gasteiger charge is 2.12. The topological polar surface area (TPSA) is 17.1 Å². The average Bonchev–Trinajstić information content (AvgIpc) is 2.17. The summed E-state index contributed by atoms with van der Waals surface area (Å²) < 4.78 is 0. The highest BCUT2D eigenvalue weighted by molar-refractivity contribution is 8.13. The van der Waals surface area contributed by atoms with Crippen molar-refractivity contribution in [3.8, 4) is 0 Å². The van der Waals surface area contributed by atoms with E-state index >= 15 is 0 Å². The lowest BCUT2D eigenvalue weighted by Gasteiger charge is -2.07. The summed E-state index contributed by atoms with van der Waals surface area (Å²) in [5.74, 6) is 0.0150. The van der Waals surface area contributed by atoms with Gasteiger partial charge >= 0.3 is 0 Å². The second kappa shape index (κ2) is 4.31. The van der Waals surface area contributed by atoms with Crippen LogP contribution in [0.5, 0.6) is 0 Å². The van der Waals surface area contributed by atoms with Crippen LogP contribution in [0.15, 0.2) is 30.3 Å². The molecule has 0 heterocycles. The minimum Gasteiger partial charge on any atom is -0.287 e. The first kappa shape index (κ1) is 9.33. The SMILES string of the molecule is CSC(=O)[C@@H](C)c1ccccc1. The second-order valence-electron chi connectivity index (χ2n) is 2.66. The van der Waals surface area contributed by atoms with Crippen molar-refractivity contribution in [1.82, 2.24) is 0 Å². The molecule has 0 bridgehead atoms. The molecular weight excluding hydrogens is 168 g/mol. The van der Waals surface area contributed by atoms with Gasteiger partial charge in [0.1, 0.15) is 0 Å². The van der Waals surface area contributed by atoms with E-state index in [1.807, 2.05) is 43.5 Å². The van der Waals surface area contributed by atoms with E-state index < -0.39 is 0 Å². The Labute approximate surface area is 77.2 Å². The Morgan fingerprint density at radius 1 is 1.33 bits per heavy atom. The molecule has 0 aliphatic heterocycles. The molecule has 2 heteroatoms. The quantitative estimate of drug-likeness (QED) is 0.696. The number of rotatable bonds is 2.